The summed E-state index contributed by atoms with van der Waals surface area (Å²) in [4.78, 5) is 11.5. The van der Waals surface area contributed by atoms with E-state index in [0.717, 1.165) is 17.5 Å². The van der Waals surface area contributed by atoms with E-state index in [0.29, 0.717) is 13.2 Å². The summed E-state index contributed by atoms with van der Waals surface area (Å²) in [6.45, 7) is 0.865. The van der Waals surface area contributed by atoms with Crippen LogP contribution >= 0.6 is 0 Å². The molecule has 0 saturated carbocycles. The first kappa shape index (κ1) is 14.9. The Kier molecular flexibility index (Phi) is 6.07. The molecule has 3 heteroatoms. The molecule has 0 spiro atoms. The summed E-state index contributed by atoms with van der Waals surface area (Å²) in [5.41, 5.74) is 2.14. The highest BCUT2D eigenvalue weighted by atomic mass is 16.5. The molecule has 0 aromatic heterocycles. The monoisotopic (exact) mass is 281 g/mol. The third-order valence-corrected chi connectivity index (χ3v) is 2.90. The highest BCUT2D eigenvalue weighted by molar-refractivity contribution is 5.67. The second kappa shape index (κ2) is 8.59. The Bertz CT molecular complexity index is 564. The van der Waals surface area contributed by atoms with E-state index < -0.39 is 0 Å². The first-order chi connectivity index (χ1) is 10.3. The predicted octanol–water partition coefficient (Wildman–Crippen LogP) is 4.02. The number of hydrogen-bond acceptors (Lipinski definition) is 2. The third-order valence-electron chi connectivity index (χ3n) is 2.90. The Morgan fingerprint density at radius 2 is 1.67 bits per heavy atom. The third kappa shape index (κ3) is 5.95. The standard InChI is InChI=1S/C18H19NO2/c20-18(21-15-17-12-5-2-6-13-17)19-14-8-7-11-16-9-3-1-4-10-16/h1-7,9-13H,8,14-15H2,(H,19,20)/b11-7+. The van der Waals surface area contributed by atoms with Gasteiger partial charge in [-0.25, -0.2) is 4.79 Å². The number of carbonyl (C=O) groups is 1. The number of hydrogen-bond donors (Lipinski definition) is 1. The normalized spacial score (nSPS) is 10.5. The Labute approximate surface area is 125 Å². The maximum atomic E-state index is 11.5. The summed E-state index contributed by atoms with van der Waals surface area (Å²) in [6.07, 6.45) is 4.46. The molecule has 0 unspecified atom stereocenters. The van der Waals surface area contributed by atoms with Gasteiger partial charge in [0, 0.05) is 6.54 Å². The molecule has 0 saturated heterocycles. The van der Waals surface area contributed by atoms with E-state index in [-0.39, 0.29) is 6.09 Å². The molecule has 0 aliphatic rings. The molecule has 108 valence electrons. The summed E-state index contributed by atoms with van der Waals surface area (Å²) >= 11 is 0. The van der Waals surface area contributed by atoms with Crippen LogP contribution in [0.4, 0.5) is 4.79 Å². The number of alkyl carbamates (subject to hydrolysis) is 1. The largest absolute Gasteiger partial charge is 0.445 e. The molecule has 2 aromatic carbocycles. The van der Waals surface area contributed by atoms with Gasteiger partial charge in [-0.3, -0.25) is 0 Å². The van der Waals surface area contributed by atoms with Crippen LogP contribution in [0.5, 0.6) is 0 Å². The zero-order valence-corrected chi connectivity index (χ0v) is 11.9. The summed E-state index contributed by atoms with van der Waals surface area (Å²) in [7, 11) is 0. The molecule has 0 aliphatic carbocycles. The van der Waals surface area contributed by atoms with Gasteiger partial charge in [0.1, 0.15) is 6.61 Å². The number of carbonyl (C=O) groups excluding carboxylic acids is 1. The van der Waals surface area contributed by atoms with Crippen molar-refractivity contribution in [1.82, 2.24) is 5.32 Å². The van der Waals surface area contributed by atoms with Crippen LogP contribution in [-0.4, -0.2) is 12.6 Å². The van der Waals surface area contributed by atoms with Crippen LogP contribution in [0.15, 0.2) is 66.7 Å². The molecule has 0 atom stereocenters. The lowest BCUT2D eigenvalue weighted by Crippen LogP contribution is -2.24. The molecule has 2 aromatic rings. The van der Waals surface area contributed by atoms with Crippen LogP contribution in [0.3, 0.4) is 0 Å². The van der Waals surface area contributed by atoms with Crippen molar-refractivity contribution in [3.63, 3.8) is 0 Å². The lowest BCUT2D eigenvalue weighted by atomic mass is 10.2. The van der Waals surface area contributed by atoms with Crippen molar-refractivity contribution in [2.75, 3.05) is 6.54 Å². The maximum Gasteiger partial charge on any atom is 0.407 e. The Balaban J connectivity index is 1.60. The highest BCUT2D eigenvalue weighted by Crippen LogP contribution is 2.02. The van der Waals surface area contributed by atoms with Gasteiger partial charge in [-0.2, -0.15) is 0 Å². The van der Waals surface area contributed by atoms with E-state index in [1.165, 1.54) is 0 Å². The van der Waals surface area contributed by atoms with E-state index in [1.54, 1.807) is 0 Å². The smallest absolute Gasteiger partial charge is 0.407 e. The minimum absolute atomic E-state index is 0.298. The zero-order valence-electron chi connectivity index (χ0n) is 11.9. The first-order valence-electron chi connectivity index (χ1n) is 7.01. The zero-order chi connectivity index (χ0) is 14.8. The average molecular weight is 281 g/mol. The minimum Gasteiger partial charge on any atom is -0.445 e. The van der Waals surface area contributed by atoms with Crippen molar-refractivity contribution in [2.24, 2.45) is 0 Å². The summed E-state index contributed by atoms with van der Waals surface area (Å²) in [6, 6.07) is 19.7. The fourth-order valence-corrected chi connectivity index (χ4v) is 1.82. The molecule has 0 aliphatic heterocycles. The molecule has 0 radical (unpaired) electrons. The Hall–Kier alpha value is -2.55. The Morgan fingerprint density at radius 1 is 1.00 bits per heavy atom. The number of amides is 1. The van der Waals surface area contributed by atoms with Crippen LogP contribution in [0.2, 0.25) is 0 Å². The molecule has 2 rings (SSSR count). The SMILES string of the molecule is O=C(NCC/C=C/c1ccccc1)OCc1ccccc1. The molecule has 1 N–H and O–H groups in total. The van der Waals surface area contributed by atoms with Gasteiger partial charge >= 0.3 is 6.09 Å². The van der Waals surface area contributed by atoms with Gasteiger partial charge in [-0.1, -0.05) is 72.8 Å². The summed E-state index contributed by atoms with van der Waals surface area (Å²) in [5, 5.41) is 2.73. The molecule has 0 heterocycles. The van der Waals surface area contributed by atoms with E-state index in [9.17, 15) is 4.79 Å². The fraction of sp³-hybridized carbons (Fsp3) is 0.167. The van der Waals surface area contributed by atoms with Crippen LogP contribution < -0.4 is 5.32 Å². The second-order valence-electron chi connectivity index (χ2n) is 4.59. The van der Waals surface area contributed by atoms with Gasteiger partial charge in [-0.15, -0.1) is 0 Å². The van der Waals surface area contributed by atoms with Gasteiger partial charge in [0.05, 0.1) is 0 Å². The second-order valence-corrected chi connectivity index (χ2v) is 4.59. The Morgan fingerprint density at radius 3 is 2.38 bits per heavy atom. The van der Waals surface area contributed by atoms with Gasteiger partial charge in [0.25, 0.3) is 0 Å². The van der Waals surface area contributed by atoms with Gasteiger partial charge in [-0.05, 0) is 17.5 Å². The molecular formula is C18H19NO2. The van der Waals surface area contributed by atoms with Crippen molar-refractivity contribution in [1.29, 1.82) is 0 Å². The maximum absolute atomic E-state index is 11.5. The molecule has 0 fully saturated rings. The van der Waals surface area contributed by atoms with Crippen LogP contribution in [-0.2, 0) is 11.3 Å². The average Bonchev–Trinajstić information content (AvgIpc) is 2.54. The van der Waals surface area contributed by atoms with Crippen molar-refractivity contribution in [2.45, 2.75) is 13.0 Å². The van der Waals surface area contributed by atoms with E-state index in [4.69, 9.17) is 4.74 Å². The molecule has 21 heavy (non-hydrogen) atoms. The van der Waals surface area contributed by atoms with E-state index in [1.807, 2.05) is 72.8 Å². The molecule has 0 bridgehead atoms. The van der Waals surface area contributed by atoms with Crippen LogP contribution in [0.25, 0.3) is 6.08 Å². The van der Waals surface area contributed by atoms with Crippen LogP contribution in [0.1, 0.15) is 17.5 Å². The number of ether oxygens (including phenoxy) is 1. The van der Waals surface area contributed by atoms with Crippen molar-refractivity contribution >= 4 is 12.2 Å². The highest BCUT2D eigenvalue weighted by Gasteiger charge is 2.00. The lowest BCUT2D eigenvalue weighted by Gasteiger charge is -2.05. The molecule has 3 nitrogen and oxygen atoms in total. The van der Waals surface area contributed by atoms with Gasteiger partial charge in [0.2, 0.25) is 0 Å². The lowest BCUT2D eigenvalue weighted by molar-refractivity contribution is 0.140. The summed E-state index contributed by atoms with van der Waals surface area (Å²) < 4.78 is 5.12. The fourth-order valence-electron chi connectivity index (χ4n) is 1.82. The minimum atomic E-state index is -0.382. The van der Waals surface area contributed by atoms with Gasteiger partial charge < -0.3 is 10.1 Å². The first-order valence-corrected chi connectivity index (χ1v) is 7.01. The van der Waals surface area contributed by atoms with Gasteiger partial charge in [0.15, 0.2) is 0 Å². The van der Waals surface area contributed by atoms with Crippen molar-refractivity contribution in [3.05, 3.63) is 77.9 Å². The predicted molar refractivity (Wildman–Crippen MR) is 84.7 cm³/mol. The quantitative estimate of drug-likeness (QED) is 0.812. The van der Waals surface area contributed by atoms with E-state index in [2.05, 4.69) is 5.32 Å². The van der Waals surface area contributed by atoms with Crippen LogP contribution in [0, 0.1) is 0 Å². The van der Waals surface area contributed by atoms with Crippen molar-refractivity contribution in [3.8, 4) is 0 Å². The topological polar surface area (TPSA) is 38.3 Å². The molecular weight excluding hydrogens is 262 g/mol. The molecule has 1 amide bonds. The number of benzene rings is 2. The van der Waals surface area contributed by atoms with E-state index >= 15 is 0 Å². The number of rotatable bonds is 6. The summed E-state index contributed by atoms with van der Waals surface area (Å²) in [5.74, 6) is 0. The van der Waals surface area contributed by atoms with Crippen molar-refractivity contribution < 1.29 is 9.53 Å². The number of nitrogens with one attached hydrogen (secondary N) is 1.